The molecule has 0 spiro atoms. The molecule has 3 N–H and O–H groups in total. The second-order valence-corrected chi connectivity index (χ2v) is 7.58. The molecule has 1 atom stereocenters. The van der Waals surface area contributed by atoms with Crippen molar-refractivity contribution in [1.29, 1.82) is 0 Å². The summed E-state index contributed by atoms with van der Waals surface area (Å²) in [6.07, 6.45) is 3.30. The van der Waals surface area contributed by atoms with Gasteiger partial charge in [0.1, 0.15) is 5.82 Å². The average molecular weight is 358 g/mol. The highest BCUT2D eigenvalue weighted by molar-refractivity contribution is 9.10. The van der Waals surface area contributed by atoms with Crippen LogP contribution in [0.5, 0.6) is 0 Å². The third-order valence-electron chi connectivity index (χ3n) is 5.21. The fraction of sp³-hybridized carbons (Fsp3) is 0.647. The molecule has 1 unspecified atom stereocenters. The number of aliphatic hydroxyl groups is 1. The van der Waals surface area contributed by atoms with E-state index >= 15 is 0 Å². The highest BCUT2D eigenvalue weighted by Gasteiger charge is 2.41. The summed E-state index contributed by atoms with van der Waals surface area (Å²) in [5.74, 6) is 1.04. The fourth-order valence-corrected chi connectivity index (χ4v) is 3.75. The topological polar surface area (TPSA) is 46.2 Å². The zero-order valence-electron chi connectivity index (χ0n) is 12.8. The Morgan fingerprint density at radius 2 is 2.00 bits per heavy atom. The Balaban J connectivity index is 2.18. The molecule has 1 saturated carbocycles. The van der Waals surface area contributed by atoms with Crippen LogP contribution in [0, 0.1) is 23.1 Å². The molecule has 0 aliphatic heterocycles. The van der Waals surface area contributed by atoms with Gasteiger partial charge in [0.05, 0.1) is 10.6 Å². The zero-order chi connectivity index (χ0) is 15.6. The normalized spacial score (nSPS) is 27.9. The van der Waals surface area contributed by atoms with E-state index in [1.54, 1.807) is 12.1 Å². The summed E-state index contributed by atoms with van der Waals surface area (Å²) < 4.78 is 14.1. The summed E-state index contributed by atoms with van der Waals surface area (Å²) in [7, 11) is 0. The second-order valence-electron chi connectivity index (χ2n) is 6.72. The van der Waals surface area contributed by atoms with Crippen LogP contribution in [-0.4, -0.2) is 11.7 Å². The minimum absolute atomic E-state index is 0.314. The molecule has 0 heterocycles. The van der Waals surface area contributed by atoms with E-state index in [4.69, 9.17) is 5.73 Å². The van der Waals surface area contributed by atoms with Gasteiger partial charge in [-0.25, -0.2) is 4.39 Å². The standard InChI is InChI=1S/C17H25BrFNO/c1-11(2)12-5-7-17(10-20,8-6-12)16(21)13-3-4-14(18)15(19)9-13/h3-4,9,11-12,16,21H,5-8,10,20H2,1-2H3. The number of aliphatic hydroxyl groups excluding tert-OH is 1. The number of benzene rings is 1. The molecular weight excluding hydrogens is 333 g/mol. The lowest BCUT2D eigenvalue weighted by molar-refractivity contribution is -0.0150. The van der Waals surface area contributed by atoms with Crippen molar-refractivity contribution < 1.29 is 9.50 Å². The molecule has 0 saturated heterocycles. The van der Waals surface area contributed by atoms with Crippen LogP contribution in [-0.2, 0) is 0 Å². The van der Waals surface area contributed by atoms with Gasteiger partial charge in [-0.3, -0.25) is 0 Å². The van der Waals surface area contributed by atoms with Gasteiger partial charge in [0.2, 0.25) is 0 Å². The molecule has 4 heteroatoms. The van der Waals surface area contributed by atoms with Crippen LogP contribution in [0.2, 0.25) is 0 Å². The minimum atomic E-state index is -0.696. The van der Waals surface area contributed by atoms with E-state index < -0.39 is 6.10 Å². The van der Waals surface area contributed by atoms with Gasteiger partial charge in [-0.15, -0.1) is 0 Å². The first-order valence-electron chi connectivity index (χ1n) is 7.72. The molecule has 2 nitrogen and oxygen atoms in total. The predicted molar refractivity (Wildman–Crippen MR) is 87.3 cm³/mol. The first kappa shape index (κ1) is 16.9. The summed E-state index contributed by atoms with van der Waals surface area (Å²) in [6, 6.07) is 4.85. The Morgan fingerprint density at radius 3 is 2.48 bits per heavy atom. The zero-order valence-corrected chi connectivity index (χ0v) is 14.4. The molecule has 0 bridgehead atoms. The molecule has 0 aromatic heterocycles. The quantitative estimate of drug-likeness (QED) is 0.837. The number of rotatable bonds is 4. The molecule has 1 aliphatic carbocycles. The molecule has 2 rings (SSSR count). The van der Waals surface area contributed by atoms with Crippen LogP contribution >= 0.6 is 15.9 Å². The van der Waals surface area contributed by atoms with Gasteiger partial charge in [0.15, 0.2) is 0 Å². The van der Waals surface area contributed by atoms with Crippen molar-refractivity contribution in [2.24, 2.45) is 23.0 Å². The number of nitrogens with two attached hydrogens (primary N) is 1. The van der Waals surface area contributed by atoms with Crippen LogP contribution in [0.1, 0.15) is 51.2 Å². The molecule has 21 heavy (non-hydrogen) atoms. The fourth-order valence-electron chi connectivity index (χ4n) is 3.51. The lowest BCUT2D eigenvalue weighted by Gasteiger charge is -2.44. The predicted octanol–water partition coefficient (Wildman–Crippen LogP) is 4.41. The van der Waals surface area contributed by atoms with Crippen LogP contribution in [0.25, 0.3) is 0 Å². The SMILES string of the molecule is CC(C)C1CCC(CN)(C(O)c2ccc(Br)c(F)c2)CC1. The summed E-state index contributed by atoms with van der Waals surface area (Å²) in [4.78, 5) is 0. The Bertz CT molecular complexity index is 484. The maximum atomic E-state index is 13.7. The molecular formula is C17H25BrFNO. The Hall–Kier alpha value is -0.450. The van der Waals surface area contributed by atoms with E-state index in [-0.39, 0.29) is 11.2 Å². The van der Waals surface area contributed by atoms with E-state index in [9.17, 15) is 9.50 Å². The molecule has 0 radical (unpaired) electrons. The van der Waals surface area contributed by atoms with Crippen molar-refractivity contribution in [2.75, 3.05) is 6.54 Å². The van der Waals surface area contributed by atoms with E-state index in [1.807, 2.05) is 0 Å². The van der Waals surface area contributed by atoms with Crippen LogP contribution in [0.4, 0.5) is 4.39 Å². The highest BCUT2D eigenvalue weighted by atomic mass is 79.9. The van der Waals surface area contributed by atoms with E-state index in [2.05, 4.69) is 29.8 Å². The second kappa shape index (κ2) is 6.76. The van der Waals surface area contributed by atoms with Crippen molar-refractivity contribution in [3.63, 3.8) is 0 Å². The summed E-state index contributed by atoms with van der Waals surface area (Å²) in [5.41, 5.74) is 6.32. The van der Waals surface area contributed by atoms with Crippen molar-refractivity contribution in [2.45, 2.75) is 45.6 Å². The van der Waals surface area contributed by atoms with Gasteiger partial charge in [0, 0.05) is 12.0 Å². The van der Waals surface area contributed by atoms with Crippen molar-refractivity contribution in [1.82, 2.24) is 0 Å². The molecule has 1 aromatic carbocycles. The van der Waals surface area contributed by atoms with Crippen molar-refractivity contribution in [3.8, 4) is 0 Å². The highest BCUT2D eigenvalue weighted by Crippen LogP contribution is 2.48. The summed E-state index contributed by atoms with van der Waals surface area (Å²) in [6.45, 7) is 4.94. The molecule has 118 valence electrons. The van der Waals surface area contributed by atoms with Gasteiger partial charge in [-0.05, 0) is 71.1 Å². The minimum Gasteiger partial charge on any atom is -0.388 e. The maximum absolute atomic E-state index is 13.7. The summed E-state index contributed by atoms with van der Waals surface area (Å²) >= 11 is 3.15. The molecule has 1 aromatic rings. The third-order valence-corrected chi connectivity index (χ3v) is 5.86. The smallest absolute Gasteiger partial charge is 0.137 e. The Kier molecular flexibility index (Phi) is 5.44. The van der Waals surface area contributed by atoms with Gasteiger partial charge < -0.3 is 10.8 Å². The van der Waals surface area contributed by atoms with Crippen LogP contribution < -0.4 is 5.73 Å². The largest absolute Gasteiger partial charge is 0.388 e. The molecule has 1 fully saturated rings. The number of hydrogen-bond donors (Lipinski definition) is 2. The van der Waals surface area contributed by atoms with Gasteiger partial charge in [0.25, 0.3) is 0 Å². The van der Waals surface area contributed by atoms with Gasteiger partial charge in [-0.1, -0.05) is 19.9 Å². The number of halogens is 2. The Labute approximate surface area is 135 Å². The third kappa shape index (κ3) is 3.49. The monoisotopic (exact) mass is 357 g/mol. The van der Waals surface area contributed by atoms with E-state index in [0.29, 0.717) is 28.4 Å². The maximum Gasteiger partial charge on any atom is 0.137 e. The molecule has 1 aliphatic rings. The van der Waals surface area contributed by atoms with Crippen molar-refractivity contribution in [3.05, 3.63) is 34.1 Å². The van der Waals surface area contributed by atoms with Gasteiger partial charge >= 0.3 is 0 Å². The Morgan fingerprint density at radius 1 is 1.38 bits per heavy atom. The summed E-state index contributed by atoms with van der Waals surface area (Å²) in [5, 5.41) is 10.8. The first-order valence-corrected chi connectivity index (χ1v) is 8.52. The lowest BCUT2D eigenvalue weighted by atomic mass is 9.64. The van der Waals surface area contributed by atoms with Crippen LogP contribution in [0.3, 0.4) is 0 Å². The van der Waals surface area contributed by atoms with Crippen molar-refractivity contribution >= 4 is 15.9 Å². The number of hydrogen-bond acceptors (Lipinski definition) is 2. The van der Waals surface area contributed by atoms with E-state index in [1.165, 1.54) is 6.07 Å². The van der Waals surface area contributed by atoms with Gasteiger partial charge in [-0.2, -0.15) is 0 Å². The molecule has 0 amide bonds. The van der Waals surface area contributed by atoms with Crippen LogP contribution in [0.15, 0.2) is 22.7 Å². The lowest BCUT2D eigenvalue weighted by Crippen LogP contribution is -2.40. The van der Waals surface area contributed by atoms with E-state index in [0.717, 1.165) is 25.7 Å². The average Bonchev–Trinajstić information content (AvgIpc) is 2.49. The first-order chi connectivity index (χ1) is 9.89.